The topological polar surface area (TPSA) is 29.4 Å². The van der Waals surface area contributed by atoms with E-state index in [9.17, 15) is 4.79 Å². The van der Waals surface area contributed by atoms with E-state index in [4.69, 9.17) is 0 Å². The number of hydrogen-bond acceptors (Lipinski definition) is 2. The summed E-state index contributed by atoms with van der Waals surface area (Å²) >= 11 is 0. The van der Waals surface area contributed by atoms with Crippen molar-refractivity contribution in [3.8, 4) is 0 Å². The van der Waals surface area contributed by atoms with E-state index in [0.29, 0.717) is 5.92 Å². The first-order chi connectivity index (χ1) is 5.24. The third-order valence-corrected chi connectivity index (χ3v) is 2.60. The highest BCUT2D eigenvalue weighted by Gasteiger charge is 2.24. The van der Waals surface area contributed by atoms with Crippen LogP contribution in [-0.4, -0.2) is 12.1 Å². The molecular weight excluding hydrogens is 138 g/mol. The van der Waals surface area contributed by atoms with Gasteiger partial charge in [0.15, 0.2) is 0 Å². The van der Waals surface area contributed by atoms with Gasteiger partial charge in [0.1, 0.15) is 0 Å². The molecule has 62 valence electrons. The van der Waals surface area contributed by atoms with Crippen LogP contribution in [0.2, 0.25) is 0 Å². The van der Waals surface area contributed by atoms with Crippen molar-refractivity contribution in [1.82, 2.24) is 0 Å². The van der Waals surface area contributed by atoms with Crippen LogP contribution in [0, 0.1) is 11.8 Å². The average molecular weight is 153 g/mol. The van der Waals surface area contributed by atoms with Gasteiger partial charge < -0.3 is 0 Å². The zero-order valence-corrected chi connectivity index (χ0v) is 7.21. The molecule has 0 N–H and O–H groups in total. The molecule has 0 aromatic carbocycles. The molecule has 0 aliphatic heterocycles. The van der Waals surface area contributed by atoms with Gasteiger partial charge in [-0.2, -0.15) is 0 Å². The largest absolute Gasteiger partial charge is 0.235 e. The number of carbonyl (C=O) groups excluding carboxylic acids is 1. The van der Waals surface area contributed by atoms with Gasteiger partial charge in [-0.05, 0) is 31.1 Å². The minimum absolute atomic E-state index is 0.253. The zero-order chi connectivity index (χ0) is 8.27. The molecule has 2 heteroatoms. The predicted octanol–water partition coefficient (Wildman–Crippen LogP) is 2.15. The Labute approximate surface area is 67.7 Å². The van der Waals surface area contributed by atoms with Crippen LogP contribution in [0.15, 0.2) is 4.99 Å². The first kappa shape index (κ1) is 8.48. The Kier molecular flexibility index (Phi) is 2.84. The second-order valence-corrected chi connectivity index (χ2v) is 3.68. The smallest absolute Gasteiger partial charge is 0.211 e. The molecule has 1 aliphatic carbocycles. The van der Waals surface area contributed by atoms with Crippen molar-refractivity contribution in [3.63, 3.8) is 0 Å². The number of hydrogen-bond donors (Lipinski definition) is 0. The summed E-state index contributed by atoms with van der Waals surface area (Å²) in [5, 5.41) is 0. The van der Waals surface area contributed by atoms with Crippen LogP contribution in [0.3, 0.4) is 0 Å². The Morgan fingerprint density at radius 1 is 1.36 bits per heavy atom. The lowest BCUT2D eigenvalue weighted by molar-refractivity contribution is 0.264. The fraction of sp³-hybridized carbons (Fsp3) is 0.889. The summed E-state index contributed by atoms with van der Waals surface area (Å²) in [6, 6.07) is 0.253. The molecule has 0 heterocycles. The molecule has 1 fully saturated rings. The van der Waals surface area contributed by atoms with Gasteiger partial charge in [0, 0.05) is 0 Å². The van der Waals surface area contributed by atoms with E-state index in [1.807, 2.05) is 0 Å². The summed E-state index contributed by atoms with van der Waals surface area (Å²) in [5.41, 5.74) is 0. The van der Waals surface area contributed by atoms with Crippen molar-refractivity contribution in [2.24, 2.45) is 16.8 Å². The molecule has 0 aromatic heterocycles. The van der Waals surface area contributed by atoms with Gasteiger partial charge in [-0.25, -0.2) is 9.79 Å². The molecule has 0 saturated heterocycles. The lowest BCUT2D eigenvalue weighted by Gasteiger charge is -2.28. The first-order valence-electron chi connectivity index (χ1n) is 4.31. The van der Waals surface area contributed by atoms with Crippen molar-refractivity contribution in [2.75, 3.05) is 0 Å². The molecule has 1 saturated carbocycles. The average Bonchev–Trinajstić information content (AvgIpc) is 1.95. The van der Waals surface area contributed by atoms with E-state index in [0.717, 1.165) is 12.3 Å². The Balaban J connectivity index is 2.50. The molecule has 1 rings (SSSR count). The normalized spacial score (nSPS) is 37.8. The highest BCUT2D eigenvalue weighted by molar-refractivity contribution is 5.33. The summed E-state index contributed by atoms with van der Waals surface area (Å²) < 4.78 is 0. The van der Waals surface area contributed by atoms with Crippen molar-refractivity contribution in [3.05, 3.63) is 0 Å². The molecule has 0 amide bonds. The van der Waals surface area contributed by atoms with Crippen LogP contribution in [0.25, 0.3) is 0 Å². The molecule has 11 heavy (non-hydrogen) atoms. The van der Waals surface area contributed by atoms with Crippen molar-refractivity contribution < 1.29 is 4.79 Å². The van der Waals surface area contributed by atoms with Crippen molar-refractivity contribution >= 4 is 6.08 Å². The number of aliphatic imine (C=N–C) groups is 1. The summed E-state index contributed by atoms with van der Waals surface area (Å²) in [4.78, 5) is 13.8. The fourth-order valence-corrected chi connectivity index (χ4v) is 1.91. The molecule has 0 spiro atoms. The molecular formula is C9H15NO. The minimum Gasteiger partial charge on any atom is -0.211 e. The van der Waals surface area contributed by atoms with E-state index < -0.39 is 0 Å². The Morgan fingerprint density at radius 3 is 2.64 bits per heavy atom. The van der Waals surface area contributed by atoms with Crippen LogP contribution < -0.4 is 0 Å². The third-order valence-electron chi connectivity index (χ3n) is 2.60. The highest BCUT2D eigenvalue weighted by Crippen LogP contribution is 2.30. The van der Waals surface area contributed by atoms with Gasteiger partial charge in [-0.1, -0.05) is 13.8 Å². The third kappa shape index (κ3) is 2.16. The minimum atomic E-state index is 0.253. The summed E-state index contributed by atoms with van der Waals surface area (Å²) in [7, 11) is 0. The van der Waals surface area contributed by atoms with Gasteiger partial charge in [0.05, 0.1) is 6.04 Å². The van der Waals surface area contributed by atoms with Crippen LogP contribution >= 0.6 is 0 Å². The van der Waals surface area contributed by atoms with E-state index in [2.05, 4.69) is 18.8 Å². The van der Waals surface area contributed by atoms with E-state index in [1.165, 1.54) is 12.8 Å². The summed E-state index contributed by atoms with van der Waals surface area (Å²) in [6.45, 7) is 4.43. The van der Waals surface area contributed by atoms with E-state index in [1.54, 1.807) is 6.08 Å². The second-order valence-electron chi connectivity index (χ2n) is 3.68. The number of isocyanates is 1. The molecule has 0 aromatic rings. The first-order valence-corrected chi connectivity index (χ1v) is 4.31. The molecule has 1 aliphatic rings. The highest BCUT2D eigenvalue weighted by atomic mass is 16.1. The summed E-state index contributed by atoms with van der Waals surface area (Å²) in [5.74, 6) is 1.38. The van der Waals surface area contributed by atoms with E-state index >= 15 is 0 Å². The predicted molar refractivity (Wildman–Crippen MR) is 44.1 cm³/mol. The quantitative estimate of drug-likeness (QED) is 0.419. The van der Waals surface area contributed by atoms with Crippen LogP contribution in [0.1, 0.15) is 33.1 Å². The summed E-state index contributed by atoms with van der Waals surface area (Å²) in [6.07, 6.45) is 5.14. The molecule has 2 nitrogen and oxygen atoms in total. The number of nitrogens with zero attached hydrogens (tertiary/aromatic N) is 1. The lowest BCUT2D eigenvalue weighted by atomic mass is 9.80. The number of rotatable bonds is 1. The molecule has 3 atom stereocenters. The maximum Gasteiger partial charge on any atom is 0.235 e. The van der Waals surface area contributed by atoms with Gasteiger partial charge in [-0.15, -0.1) is 0 Å². The van der Waals surface area contributed by atoms with Gasteiger partial charge >= 0.3 is 0 Å². The molecule has 0 bridgehead atoms. The molecule has 3 unspecified atom stereocenters. The maximum atomic E-state index is 10.0. The van der Waals surface area contributed by atoms with Crippen LogP contribution in [0.5, 0.6) is 0 Å². The van der Waals surface area contributed by atoms with Crippen molar-refractivity contribution in [2.45, 2.75) is 39.2 Å². The monoisotopic (exact) mass is 153 g/mol. The SMILES string of the molecule is CC1CCC(N=C=O)C(C)C1. The van der Waals surface area contributed by atoms with Crippen LogP contribution in [0.4, 0.5) is 0 Å². The lowest BCUT2D eigenvalue weighted by Crippen LogP contribution is -2.24. The Bertz CT molecular complexity index is 172. The van der Waals surface area contributed by atoms with Crippen LogP contribution in [-0.2, 0) is 4.79 Å². The standard InChI is InChI=1S/C9H15NO/c1-7-3-4-9(10-6-11)8(2)5-7/h7-9H,3-5H2,1-2H3. The van der Waals surface area contributed by atoms with Gasteiger partial charge in [0.2, 0.25) is 6.08 Å². The van der Waals surface area contributed by atoms with Gasteiger partial charge in [-0.3, -0.25) is 0 Å². The van der Waals surface area contributed by atoms with E-state index in [-0.39, 0.29) is 6.04 Å². The Morgan fingerprint density at radius 2 is 2.09 bits per heavy atom. The Hall–Kier alpha value is -0.620. The maximum absolute atomic E-state index is 10.0. The zero-order valence-electron chi connectivity index (χ0n) is 7.21. The van der Waals surface area contributed by atoms with Crippen molar-refractivity contribution in [1.29, 1.82) is 0 Å². The van der Waals surface area contributed by atoms with Gasteiger partial charge in [0.25, 0.3) is 0 Å². The molecule has 0 radical (unpaired) electrons. The fourth-order valence-electron chi connectivity index (χ4n) is 1.91. The second kappa shape index (κ2) is 3.68.